The van der Waals surface area contributed by atoms with E-state index in [1.807, 2.05) is 74.5 Å². The Morgan fingerprint density at radius 3 is 2.23 bits per heavy atom. The Hall–Kier alpha value is -3.36. The van der Waals surface area contributed by atoms with Gasteiger partial charge in [0.15, 0.2) is 0 Å². The Balaban J connectivity index is 1.86. The Bertz CT molecular complexity index is 1380. The maximum atomic E-state index is 13.7. The number of benzene rings is 3. The molecule has 1 atom stereocenters. The van der Waals surface area contributed by atoms with E-state index in [2.05, 4.69) is 5.32 Å². The molecule has 1 N–H and O–H groups in total. The van der Waals surface area contributed by atoms with Crippen LogP contribution in [0.3, 0.4) is 0 Å². The van der Waals surface area contributed by atoms with Crippen LogP contribution < -0.4 is 9.62 Å². The van der Waals surface area contributed by atoms with Crippen LogP contribution in [0.4, 0.5) is 5.69 Å². The summed E-state index contributed by atoms with van der Waals surface area (Å²) in [6.45, 7) is 4.14. The minimum absolute atomic E-state index is 0.0761. The minimum atomic E-state index is -3.57. The van der Waals surface area contributed by atoms with Gasteiger partial charge >= 0.3 is 0 Å². The van der Waals surface area contributed by atoms with E-state index in [9.17, 15) is 18.0 Å². The Kier molecular flexibility index (Phi) is 10.5. The average molecular weight is 570 g/mol. The van der Waals surface area contributed by atoms with Crippen LogP contribution in [0.1, 0.15) is 35.1 Å². The SMILES string of the molecule is CNC(=O)[C@H](Cc1ccccc1)N(Cc1ccc(Cl)cc1)C(=O)CCCN(c1cc(C)ccc1C)S(C)(=O)=O. The molecule has 0 aliphatic heterocycles. The molecule has 0 saturated heterocycles. The highest BCUT2D eigenvalue weighted by Gasteiger charge is 2.30. The molecule has 0 heterocycles. The van der Waals surface area contributed by atoms with E-state index in [0.29, 0.717) is 23.6 Å². The second kappa shape index (κ2) is 13.6. The van der Waals surface area contributed by atoms with Crippen molar-refractivity contribution < 1.29 is 18.0 Å². The van der Waals surface area contributed by atoms with Gasteiger partial charge < -0.3 is 10.2 Å². The van der Waals surface area contributed by atoms with Gasteiger partial charge in [-0.2, -0.15) is 0 Å². The third-order valence-corrected chi connectivity index (χ3v) is 8.00. The van der Waals surface area contributed by atoms with Crippen LogP contribution in [-0.2, 0) is 32.6 Å². The molecule has 3 aromatic rings. The van der Waals surface area contributed by atoms with Gasteiger partial charge in [0.2, 0.25) is 21.8 Å². The number of nitrogens with one attached hydrogen (secondary N) is 1. The average Bonchev–Trinajstić information content (AvgIpc) is 2.90. The van der Waals surface area contributed by atoms with Crippen molar-refractivity contribution in [2.24, 2.45) is 0 Å². The van der Waals surface area contributed by atoms with Gasteiger partial charge in [0.05, 0.1) is 11.9 Å². The first-order valence-corrected chi connectivity index (χ1v) is 15.1. The molecule has 0 saturated carbocycles. The molecule has 0 aliphatic rings. The standard InChI is InChI=1S/C30H36ClN3O4S/c1-22-12-13-23(2)27(19-22)34(39(4,37)38)18-8-11-29(35)33(21-25-14-16-26(31)17-15-25)28(30(36)32-3)20-24-9-6-5-7-10-24/h5-7,9-10,12-17,19,28H,8,11,18,20-21H2,1-4H3,(H,32,36)/t28-/m0/s1. The van der Waals surface area contributed by atoms with E-state index < -0.39 is 16.1 Å². The zero-order valence-corrected chi connectivity index (χ0v) is 24.4. The van der Waals surface area contributed by atoms with Gasteiger partial charge in [-0.1, -0.05) is 66.2 Å². The van der Waals surface area contributed by atoms with E-state index in [1.54, 1.807) is 24.1 Å². The van der Waals surface area contributed by atoms with Crippen molar-refractivity contribution in [3.8, 4) is 0 Å². The van der Waals surface area contributed by atoms with Crippen LogP contribution in [0.15, 0.2) is 72.8 Å². The highest BCUT2D eigenvalue weighted by Crippen LogP contribution is 2.25. The van der Waals surface area contributed by atoms with E-state index >= 15 is 0 Å². The van der Waals surface area contributed by atoms with Gasteiger partial charge in [-0.15, -0.1) is 0 Å². The first-order valence-electron chi connectivity index (χ1n) is 12.8. The van der Waals surface area contributed by atoms with Crippen LogP contribution in [0.2, 0.25) is 5.02 Å². The van der Waals surface area contributed by atoms with Crippen molar-refractivity contribution in [2.45, 2.75) is 45.7 Å². The summed E-state index contributed by atoms with van der Waals surface area (Å²) in [4.78, 5) is 28.3. The van der Waals surface area contributed by atoms with Gasteiger partial charge in [-0.25, -0.2) is 8.42 Å². The van der Waals surface area contributed by atoms with Crippen LogP contribution >= 0.6 is 11.6 Å². The van der Waals surface area contributed by atoms with Gasteiger partial charge in [0, 0.05) is 38.0 Å². The van der Waals surface area contributed by atoms with Gasteiger partial charge in [-0.3, -0.25) is 13.9 Å². The number of halogens is 1. The molecule has 39 heavy (non-hydrogen) atoms. The number of rotatable bonds is 12. The maximum Gasteiger partial charge on any atom is 0.242 e. The smallest absolute Gasteiger partial charge is 0.242 e. The van der Waals surface area contributed by atoms with E-state index in [4.69, 9.17) is 11.6 Å². The summed E-state index contributed by atoms with van der Waals surface area (Å²) in [7, 11) is -2.02. The topological polar surface area (TPSA) is 86.8 Å². The lowest BCUT2D eigenvalue weighted by Gasteiger charge is -2.31. The number of amides is 2. The van der Waals surface area contributed by atoms with Crippen molar-refractivity contribution in [1.29, 1.82) is 0 Å². The zero-order chi connectivity index (χ0) is 28.6. The first kappa shape index (κ1) is 30.2. The second-order valence-electron chi connectivity index (χ2n) is 9.70. The molecule has 9 heteroatoms. The van der Waals surface area contributed by atoms with Crippen molar-refractivity contribution in [2.75, 3.05) is 24.2 Å². The monoisotopic (exact) mass is 569 g/mol. The molecule has 7 nitrogen and oxygen atoms in total. The lowest BCUT2D eigenvalue weighted by molar-refractivity contribution is -0.141. The summed E-state index contributed by atoms with van der Waals surface area (Å²) in [5.41, 5.74) is 4.16. The Morgan fingerprint density at radius 1 is 0.949 bits per heavy atom. The summed E-state index contributed by atoms with van der Waals surface area (Å²) >= 11 is 6.06. The maximum absolute atomic E-state index is 13.7. The van der Waals surface area contributed by atoms with Crippen molar-refractivity contribution >= 4 is 39.1 Å². The van der Waals surface area contributed by atoms with Crippen molar-refractivity contribution in [1.82, 2.24) is 10.2 Å². The highest BCUT2D eigenvalue weighted by molar-refractivity contribution is 7.92. The van der Waals surface area contributed by atoms with Crippen LogP contribution in [-0.4, -0.2) is 51.0 Å². The summed E-state index contributed by atoms with van der Waals surface area (Å²) in [6.07, 6.45) is 1.89. The quantitative estimate of drug-likeness (QED) is 0.336. The molecule has 0 aromatic heterocycles. The molecular formula is C30H36ClN3O4S. The fourth-order valence-corrected chi connectivity index (χ4v) is 5.62. The first-order chi connectivity index (χ1) is 18.5. The summed E-state index contributed by atoms with van der Waals surface area (Å²) < 4.78 is 26.7. The number of anilines is 1. The van der Waals surface area contributed by atoms with E-state index in [0.717, 1.165) is 22.3 Å². The minimum Gasteiger partial charge on any atom is -0.357 e. The lowest BCUT2D eigenvalue weighted by atomic mass is 10.0. The van der Waals surface area contributed by atoms with Crippen molar-refractivity contribution in [3.63, 3.8) is 0 Å². The zero-order valence-electron chi connectivity index (χ0n) is 22.9. The fraction of sp³-hybridized carbons (Fsp3) is 0.333. The molecule has 0 aliphatic carbocycles. The van der Waals surface area contributed by atoms with Gasteiger partial charge in [0.1, 0.15) is 6.04 Å². The summed E-state index contributed by atoms with van der Waals surface area (Å²) in [6, 6.07) is 21.6. The molecule has 208 valence electrons. The number of carbonyl (C=O) groups excluding carboxylic acids is 2. The predicted octanol–water partition coefficient (Wildman–Crippen LogP) is 4.89. The lowest BCUT2D eigenvalue weighted by Crippen LogP contribution is -2.49. The van der Waals surface area contributed by atoms with Crippen molar-refractivity contribution in [3.05, 3.63) is 100 Å². The molecule has 0 radical (unpaired) electrons. The number of hydrogen-bond donors (Lipinski definition) is 1. The van der Waals surface area contributed by atoms with Gasteiger partial charge in [0.25, 0.3) is 0 Å². The molecular weight excluding hydrogens is 534 g/mol. The number of likely N-dealkylation sites (N-methyl/N-ethyl adjacent to an activating group) is 1. The molecule has 0 spiro atoms. The molecule has 0 bridgehead atoms. The highest BCUT2D eigenvalue weighted by atomic mass is 35.5. The van der Waals surface area contributed by atoms with Crippen LogP contribution in [0.5, 0.6) is 0 Å². The number of hydrogen-bond acceptors (Lipinski definition) is 4. The number of sulfonamides is 1. The molecule has 3 aromatic carbocycles. The Labute approximate surface area is 236 Å². The van der Waals surface area contributed by atoms with Gasteiger partial charge in [-0.05, 0) is 60.7 Å². The van der Waals surface area contributed by atoms with E-state index in [1.165, 1.54) is 10.6 Å². The third-order valence-electron chi connectivity index (χ3n) is 6.57. The number of aryl methyl sites for hydroxylation is 2. The van der Waals surface area contributed by atoms with Crippen LogP contribution in [0.25, 0.3) is 0 Å². The largest absolute Gasteiger partial charge is 0.357 e. The predicted molar refractivity (Wildman–Crippen MR) is 157 cm³/mol. The molecule has 2 amide bonds. The summed E-state index contributed by atoms with van der Waals surface area (Å²) in [5, 5.41) is 3.28. The fourth-order valence-electron chi connectivity index (χ4n) is 4.48. The molecule has 3 rings (SSSR count). The Morgan fingerprint density at radius 2 is 1.62 bits per heavy atom. The molecule has 0 fully saturated rings. The summed E-state index contributed by atoms with van der Waals surface area (Å²) in [5.74, 6) is -0.502. The number of carbonyl (C=O) groups is 2. The number of nitrogens with zero attached hydrogens (tertiary/aromatic N) is 2. The molecule has 0 unspecified atom stereocenters. The third kappa shape index (κ3) is 8.57. The normalized spacial score (nSPS) is 12.0. The van der Waals surface area contributed by atoms with E-state index in [-0.39, 0.29) is 31.3 Å². The second-order valence-corrected chi connectivity index (χ2v) is 12.0. The van der Waals surface area contributed by atoms with Crippen LogP contribution in [0, 0.1) is 13.8 Å².